The molecule has 0 saturated heterocycles. The molecule has 0 radical (unpaired) electrons. The Kier molecular flexibility index (Phi) is 6.65. The van der Waals surface area contributed by atoms with E-state index in [0.29, 0.717) is 6.54 Å². The quantitative estimate of drug-likeness (QED) is 0.675. The lowest BCUT2D eigenvalue weighted by atomic mass is 9.73. The summed E-state index contributed by atoms with van der Waals surface area (Å²) in [6.07, 6.45) is 7.64. The molecule has 1 rings (SSSR count). The van der Waals surface area contributed by atoms with Gasteiger partial charge < -0.3 is 16.0 Å². The lowest BCUT2D eigenvalue weighted by Gasteiger charge is -2.34. The number of amides is 1. The second-order valence-electron chi connectivity index (χ2n) is 5.81. The molecule has 4 nitrogen and oxygen atoms in total. The average Bonchev–Trinajstić information content (AvgIpc) is 2.38. The molecule has 0 atom stereocenters. The SMILES string of the molecule is CN(C)CCCCNC(=O)C1(CN)CCCCC1. The van der Waals surface area contributed by atoms with Crippen LogP contribution in [0.25, 0.3) is 0 Å². The van der Waals surface area contributed by atoms with Gasteiger partial charge in [-0.2, -0.15) is 0 Å². The van der Waals surface area contributed by atoms with Gasteiger partial charge in [0.1, 0.15) is 0 Å². The van der Waals surface area contributed by atoms with Crippen LogP contribution in [0.3, 0.4) is 0 Å². The first-order chi connectivity index (χ1) is 8.60. The number of rotatable bonds is 7. The van der Waals surface area contributed by atoms with Gasteiger partial charge in [-0.1, -0.05) is 19.3 Å². The Morgan fingerprint density at radius 2 is 1.89 bits per heavy atom. The first-order valence-electron chi connectivity index (χ1n) is 7.24. The number of hydrogen-bond acceptors (Lipinski definition) is 3. The van der Waals surface area contributed by atoms with E-state index in [9.17, 15) is 4.79 Å². The smallest absolute Gasteiger partial charge is 0.227 e. The summed E-state index contributed by atoms with van der Waals surface area (Å²) in [6, 6.07) is 0. The molecule has 1 aliphatic rings. The zero-order valence-electron chi connectivity index (χ0n) is 12.0. The van der Waals surface area contributed by atoms with Gasteiger partial charge in [0.2, 0.25) is 5.91 Å². The van der Waals surface area contributed by atoms with Crippen LogP contribution in [0.2, 0.25) is 0 Å². The summed E-state index contributed by atoms with van der Waals surface area (Å²) in [6.45, 7) is 2.36. The minimum atomic E-state index is -0.264. The van der Waals surface area contributed by atoms with E-state index in [-0.39, 0.29) is 11.3 Å². The Hall–Kier alpha value is -0.610. The number of carbonyl (C=O) groups is 1. The Bertz CT molecular complexity index is 247. The van der Waals surface area contributed by atoms with Gasteiger partial charge in [-0.3, -0.25) is 4.79 Å². The van der Waals surface area contributed by atoms with Gasteiger partial charge in [0.25, 0.3) is 0 Å². The van der Waals surface area contributed by atoms with Crippen molar-refractivity contribution in [3.63, 3.8) is 0 Å². The first kappa shape index (κ1) is 15.4. The van der Waals surface area contributed by atoms with E-state index in [2.05, 4.69) is 24.3 Å². The Labute approximate surface area is 111 Å². The summed E-state index contributed by atoms with van der Waals surface area (Å²) >= 11 is 0. The summed E-state index contributed by atoms with van der Waals surface area (Å²) < 4.78 is 0. The van der Waals surface area contributed by atoms with Gasteiger partial charge in [0.05, 0.1) is 5.41 Å². The largest absolute Gasteiger partial charge is 0.356 e. The van der Waals surface area contributed by atoms with Crippen molar-refractivity contribution in [2.75, 3.05) is 33.7 Å². The topological polar surface area (TPSA) is 58.4 Å². The number of nitrogens with zero attached hydrogens (tertiary/aromatic N) is 1. The van der Waals surface area contributed by atoms with Crippen molar-refractivity contribution in [2.24, 2.45) is 11.1 Å². The second-order valence-corrected chi connectivity index (χ2v) is 5.81. The fourth-order valence-electron chi connectivity index (χ4n) is 2.69. The maximum atomic E-state index is 12.2. The monoisotopic (exact) mass is 255 g/mol. The molecule has 1 aliphatic carbocycles. The third-order valence-electron chi connectivity index (χ3n) is 4.00. The fraction of sp³-hybridized carbons (Fsp3) is 0.929. The molecule has 0 bridgehead atoms. The van der Waals surface area contributed by atoms with Crippen LogP contribution in [-0.4, -0.2) is 44.5 Å². The van der Waals surface area contributed by atoms with E-state index >= 15 is 0 Å². The van der Waals surface area contributed by atoms with Gasteiger partial charge in [0, 0.05) is 13.1 Å². The highest BCUT2D eigenvalue weighted by Crippen LogP contribution is 2.35. The summed E-state index contributed by atoms with van der Waals surface area (Å²) in [5.74, 6) is 0.189. The average molecular weight is 255 g/mol. The molecule has 1 amide bonds. The van der Waals surface area contributed by atoms with Gasteiger partial charge in [-0.05, 0) is 46.3 Å². The molecule has 1 saturated carbocycles. The van der Waals surface area contributed by atoms with E-state index in [1.165, 1.54) is 6.42 Å². The standard InChI is InChI=1S/C14H29N3O/c1-17(2)11-7-6-10-16-13(18)14(12-15)8-4-3-5-9-14/h3-12,15H2,1-2H3,(H,16,18). The fourth-order valence-corrected chi connectivity index (χ4v) is 2.69. The lowest BCUT2D eigenvalue weighted by molar-refractivity contribution is -0.132. The molecule has 0 aliphatic heterocycles. The van der Waals surface area contributed by atoms with Crippen LogP contribution in [0.15, 0.2) is 0 Å². The lowest BCUT2D eigenvalue weighted by Crippen LogP contribution is -2.47. The van der Waals surface area contributed by atoms with Gasteiger partial charge >= 0.3 is 0 Å². The molecular weight excluding hydrogens is 226 g/mol. The molecule has 0 aromatic rings. The molecular formula is C14H29N3O. The molecule has 3 N–H and O–H groups in total. The number of hydrogen-bond donors (Lipinski definition) is 2. The third kappa shape index (κ3) is 4.58. The molecule has 0 spiro atoms. The van der Waals surface area contributed by atoms with Crippen molar-refractivity contribution in [1.29, 1.82) is 0 Å². The van der Waals surface area contributed by atoms with Crippen molar-refractivity contribution >= 4 is 5.91 Å². The van der Waals surface area contributed by atoms with E-state index in [0.717, 1.165) is 51.6 Å². The van der Waals surface area contributed by atoms with Crippen LogP contribution < -0.4 is 11.1 Å². The molecule has 0 aromatic carbocycles. The highest BCUT2D eigenvalue weighted by molar-refractivity contribution is 5.82. The second kappa shape index (κ2) is 7.74. The Balaban J connectivity index is 2.25. The van der Waals surface area contributed by atoms with Gasteiger partial charge in [-0.15, -0.1) is 0 Å². The van der Waals surface area contributed by atoms with Crippen molar-refractivity contribution in [1.82, 2.24) is 10.2 Å². The van der Waals surface area contributed by atoms with Crippen LogP contribution in [0, 0.1) is 5.41 Å². The highest BCUT2D eigenvalue weighted by atomic mass is 16.2. The van der Waals surface area contributed by atoms with Crippen molar-refractivity contribution in [3.05, 3.63) is 0 Å². The molecule has 4 heteroatoms. The highest BCUT2D eigenvalue weighted by Gasteiger charge is 2.37. The van der Waals surface area contributed by atoms with E-state index in [4.69, 9.17) is 5.73 Å². The third-order valence-corrected chi connectivity index (χ3v) is 4.00. The van der Waals surface area contributed by atoms with Crippen molar-refractivity contribution < 1.29 is 4.79 Å². The summed E-state index contributed by atoms with van der Waals surface area (Å²) in [7, 11) is 4.15. The summed E-state index contributed by atoms with van der Waals surface area (Å²) in [5, 5.41) is 3.08. The molecule has 0 aromatic heterocycles. The molecule has 0 heterocycles. The zero-order valence-corrected chi connectivity index (χ0v) is 12.0. The predicted molar refractivity (Wildman–Crippen MR) is 75.4 cm³/mol. The minimum absolute atomic E-state index is 0.189. The zero-order chi connectivity index (χ0) is 13.4. The van der Waals surface area contributed by atoms with Crippen LogP contribution in [0.5, 0.6) is 0 Å². The molecule has 1 fully saturated rings. The van der Waals surface area contributed by atoms with Gasteiger partial charge in [0.15, 0.2) is 0 Å². The maximum absolute atomic E-state index is 12.2. The number of unbranched alkanes of at least 4 members (excludes halogenated alkanes) is 1. The Morgan fingerprint density at radius 3 is 2.44 bits per heavy atom. The van der Waals surface area contributed by atoms with E-state index in [1.807, 2.05) is 0 Å². The predicted octanol–water partition coefficient (Wildman–Crippen LogP) is 1.35. The normalized spacial score (nSPS) is 18.9. The van der Waals surface area contributed by atoms with Crippen LogP contribution in [-0.2, 0) is 4.79 Å². The van der Waals surface area contributed by atoms with Crippen molar-refractivity contribution in [2.45, 2.75) is 44.9 Å². The van der Waals surface area contributed by atoms with E-state index in [1.54, 1.807) is 0 Å². The molecule has 106 valence electrons. The van der Waals surface area contributed by atoms with Crippen LogP contribution >= 0.6 is 0 Å². The Morgan fingerprint density at radius 1 is 1.22 bits per heavy atom. The number of nitrogens with one attached hydrogen (secondary N) is 1. The maximum Gasteiger partial charge on any atom is 0.227 e. The van der Waals surface area contributed by atoms with Crippen LogP contribution in [0.4, 0.5) is 0 Å². The first-order valence-corrected chi connectivity index (χ1v) is 7.24. The summed E-state index contributed by atoms with van der Waals surface area (Å²) in [4.78, 5) is 14.4. The van der Waals surface area contributed by atoms with E-state index < -0.39 is 0 Å². The number of carbonyl (C=O) groups excluding carboxylic acids is 1. The summed E-state index contributed by atoms with van der Waals surface area (Å²) in [5.41, 5.74) is 5.58. The number of nitrogens with two attached hydrogens (primary N) is 1. The molecule has 18 heavy (non-hydrogen) atoms. The van der Waals surface area contributed by atoms with Gasteiger partial charge in [-0.25, -0.2) is 0 Å². The van der Waals surface area contributed by atoms with Crippen molar-refractivity contribution in [3.8, 4) is 0 Å². The van der Waals surface area contributed by atoms with Crippen LogP contribution in [0.1, 0.15) is 44.9 Å². The molecule has 0 unspecified atom stereocenters. The minimum Gasteiger partial charge on any atom is -0.356 e.